The average Bonchev–Trinajstić information content (AvgIpc) is 3.39. The number of hydrogen-bond donors (Lipinski definition) is 2. The van der Waals surface area contributed by atoms with Crippen LogP contribution >= 0.6 is 0 Å². The summed E-state index contributed by atoms with van der Waals surface area (Å²) < 4.78 is 28.3. The number of likely N-dealkylation sites (tertiary alicyclic amines) is 1. The van der Waals surface area contributed by atoms with Crippen molar-refractivity contribution in [3.8, 4) is 6.07 Å². The number of fused-ring (bicyclic) bond motifs is 2. The van der Waals surface area contributed by atoms with E-state index in [0.29, 0.717) is 11.3 Å². The molecule has 4 atom stereocenters. The highest BCUT2D eigenvalue weighted by molar-refractivity contribution is 6.07. The zero-order chi connectivity index (χ0) is 28.6. The van der Waals surface area contributed by atoms with Crippen LogP contribution in [0.4, 0.5) is 14.5 Å². The number of alkyl halides is 2. The highest BCUT2D eigenvalue weighted by Crippen LogP contribution is 2.46. The molecule has 0 saturated carbocycles. The Bertz CT molecular complexity index is 1160. The van der Waals surface area contributed by atoms with Crippen LogP contribution in [-0.4, -0.2) is 71.1 Å². The van der Waals surface area contributed by atoms with Gasteiger partial charge in [0.1, 0.15) is 18.1 Å². The molecule has 11 heteroatoms. The van der Waals surface area contributed by atoms with E-state index in [1.807, 2.05) is 13.8 Å². The van der Waals surface area contributed by atoms with Gasteiger partial charge in [-0.05, 0) is 30.9 Å². The molecule has 9 nitrogen and oxygen atoms in total. The first-order valence-corrected chi connectivity index (χ1v) is 12.7. The summed E-state index contributed by atoms with van der Waals surface area (Å²) in [7, 11) is 1.38. The van der Waals surface area contributed by atoms with Gasteiger partial charge in [0.25, 0.3) is 5.91 Å². The average molecular weight is 532 g/mol. The number of para-hydroxylation sites is 1. The molecule has 2 heterocycles. The third-order valence-electron chi connectivity index (χ3n) is 7.46. The number of rotatable bonds is 8. The largest absolute Gasteiger partial charge is 0.339 e. The molecule has 2 aliphatic heterocycles. The van der Waals surface area contributed by atoms with Gasteiger partial charge in [0.2, 0.25) is 17.7 Å². The minimum Gasteiger partial charge on any atom is -0.339 e. The molecular formula is C27H35F2N5O4. The quantitative estimate of drug-likeness (QED) is 0.534. The van der Waals surface area contributed by atoms with Gasteiger partial charge >= 0.3 is 5.92 Å². The Morgan fingerprint density at radius 1 is 1.24 bits per heavy atom. The molecule has 2 N–H and O–H groups in total. The third kappa shape index (κ3) is 5.08. The second-order valence-corrected chi connectivity index (χ2v) is 11.0. The van der Waals surface area contributed by atoms with Crippen molar-refractivity contribution in [1.82, 2.24) is 15.1 Å². The molecule has 0 bridgehead atoms. The predicted molar refractivity (Wildman–Crippen MR) is 136 cm³/mol. The van der Waals surface area contributed by atoms with Crippen molar-refractivity contribution >= 4 is 29.3 Å². The second-order valence-electron chi connectivity index (χ2n) is 11.0. The van der Waals surface area contributed by atoms with E-state index in [-0.39, 0.29) is 31.2 Å². The normalized spacial score (nSPS) is 22.2. The fourth-order valence-electron chi connectivity index (χ4n) is 5.12. The second kappa shape index (κ2) is 10.7. The minimum atomic E-state index is -3.66. The number of nitrogens with one attached hydrogen (secondary N) is 2. The first-order chi connectivity index (χ1) is 17.7. The molecule has 1 fully saturated rings. The highest BCUT2D eigenvalue weighted by atomic mass is 19.3. The lowest BCUT2D eigenvalue weighted by molar-refractivity contribution is -0.155. The number of anilines is 1. The number of likely N-dealkylation sites (N-methyl/N-ethyl adjacent to an activating group) is 1. The van der Waals surface area contributed by atoms with Gasteiger partial charge in [0.05, 0.1) is 11.5 Å². The maximum Gasteiger partial charge on any atom is 0.326 e. The fraction of sp³-hybridized carbons (Fsp3) is 0.593. The van der Waals surface area contributed by atoms with Crippen molar-refractivity contribution in [2.24, 2.45) is 11.8 Å². The topological polar surface area (TPSA) is 123 Å². The molecule has 3 rings (SSSR count). The monoisotopic (exact) mass is 531 g/mol. The van der Waals surface area contributed by atoms with Crippen LogP contribution in [0.3, 0.4) is 0 Å². The van der Waals surface area contributed by atoms with Gasteiger partial charge < -0.3 is 20.4 Å². The lowest BCUT2D eigenvalue weighted by Crippen LogP contribution is -2.57. The summed E-state index contributed by atoms with van der Waals surface area (Å²) in [6.07, 6.45) is 0.342. The van der Waals surface area contributed by atoms with Crippen molar-refractivity contribution in [3.63, 3.8) is 0 Å². The number of hydrogen-bond acceptors (Lipinski definition) is 5. The van der Waals surface area contributed by atoms with Gasteiger partial charge in [-0.15, -0.1) is 0 Å². The molecule has 1 aromatic rings. The molecule has 0 radical (unpaired) electrons. The number of carbonyl (C=O) groups is 4. The maximum atomic E-state index is 14.1. The van der Waals surface area contributed by atoms with Crippen molar-refractivity contribution in [1.29, 1.82) is 5.26 Å². The van der Waals surface area contributed by atoms with Gasteiger partial charge in [-0.1, -0.05) is 45.9 Å². The molecule has 38 heavy (non-hydrogen) atoms. The summed E-state index contributed by atoms with van der Waals surface area (Å²) in [5.74, 6) is -8.05. The van der Waals surface area contributed by atoms with Crippen LogP contribution < -0.4 is 10.6 Å². The Kier molecular flexibility index (Phi) is 8.15. The number of halogens is 2. The molecular weight excluding hydrogens is 496 g/mol. The molecule has 1 saturated heterocycles. The zero-order valence-corrected chi connectivity index (χ0v) is 22.5. The summed E-state index contributed by atoms with van der Waals surface area (Å²) in [6, 6.07) is 6.02. The first-order valence-electron chi connectivity index (χ1n) is 12.7. The number of carbonyl (C=O) groups excluding carboxylic acids is 4. The van der Waals surface area contributed by atoms with E-state index < -0.39 is 53.1 Å². The Balaban J connectivity index is 1.86. The van der Waals surface area contributed by atoms with Gasteiger partial charge in [0, 0.05) is 31.6 Å². The van der Waals surface area contributed by atoms with Gasteiger partial charge in [-0.2, -0.15) is 14.0 Å². The van der Waals surface area contributed by atoms with Crippen LogP contribution in [0.1, 0.15) is 53.0 Å². The van der Waals surface area contributed by atoms with Crippen molar-refractivity contribution in [3.05, 3.63) is 29.8 Å². The Hall–Kier alpha value is -3.55. The van der Waals surface area contributed by atoms with Crippen molar-refractivity contribution in [2.75, 3.05) is 18.9 Å². The van der Waals surface area contributed by atoms with Gasteiger partial charge in [0.15, 0.2) is 0 Å². The van der Waals surface area contributed by atoms with Crippen LogP contribution in [0.5, 0.6) is 0 Å². The Morgan fingerprint density at radius 3 is 2.45 bits per heavy atom. The Labute approximate surface area is 221 Å². The van der Waals surface area contributed by atoms with E-state index >= 15 is 0 Å². The summed E-state index contributed by atoms with van der Waals surface area (Å²) in [6.45, 7) is 7.38. The minimum absolute atomic E-state index is 0.0313. The molecule has 0 aromatic heterocycles. The third-order valence-corrected chi connectivity index (χ3v) is 7.46. The van der Waals surface area contributed by atoms with E-state index in [0.717, 1.165) is 4.90 Å². The van der Waals surface area contributed by atoms with E-state index in [9.17, 15) is 33.2 Å². The van der Waals surface area contributed by atoms with Crippen molar-refractivity contribution < 1.29 is 28.0 Å². The van der Waals surface area contributed by atoms with E-state index in [4.69, 9.17) is 0 Å². The van der Waals surface area contributed by atoms with Crippen LogP contribution in [0.15, 0.2) is 24.3 Å². The highest BCUT2D eigenvalue weighted by Gasteiger charge is 2.56. The molecule has 1 aromatic carbocycles. The Morgan fingerprint density at radius 2 is 1.87 bits per heavy atom. The number of amides is 4. The number of nitrogens with zero attached hydrogens (tertiary/aromatic N) is 3. The fourth-order valence-corrected chi connectivity index (χ4v) is 5.12. The van der Waals surface area contributed by atoms with Crippen LogP contribution in [0, 0.1) is 23.2 Å². The van der Waals surface area contributed by atoms with Crippen molar-refractivity contribution in [2.45, 2.75) is 76.9 Å². The summed E-state index contributed by atoms with van der Waals surface area (Å²) in [5, 5.41) is 14.8. The van der Waals surface area contributed by atoms with E-state index in [2.05, 4.69) is 16.7 Å². The SMILES string of the molecule is CC(C)C[C@@H](C(=O)N1C[C@]2(C[C@H]1C#N)C(=O)Nc1ccccc12)N(C)C(=O)[C@H](C)NC(=O)C(F)(F)C(C)C. The van der Waals surface area contributed by atoms with Gasteiger partial charge in [-0.3, -0.25) is 19.2 Å². The maximum absolute atomic E-state index is 14.1. The molecule has 206 valence electrons. The van der Waals surface area contributed by atoms with E-state index in [1.165, 1.54) is 32.7 Å². The standard InChI is InChI=1S/C27H35F2N5O4/c1-15(2)11-21(33(6)22(35)17(5)31-25(38)27(28,29)16(3)4)23(36)34-14-26(12-18(34)13-30)19-9-7-8-10-20(19)32-24(26)37/h7-10,15-18,21H,11-12,14H2,1-6H3,(H,31,38)(H,32,37)/t17-,18-,21-,26-/m0/s1. The van der Waals surface area contributed by atoms with E-state index in [1.54, 1.807) is 24.3 Å². The first kappa shape index (κ1) is 29.0. The smallest absolute Gasteiger partial charge is 0.326 e. The summed E-state index contributed by atoms with van der Waals surface area (Å²) in [4.78, 5) is 54.8. The number of benzene rings is 1. The molecule has 0 unspecified atom stereocenters. The lowest BCUT2D eigenvalue weighted by Gasteiger charge is -2.35. The summed E-state index contributed by atoms with van der Waals surface area (Å²) >= 11 is 0. The molecule has 0 aliphatic carbocycles. The van der Waals surface area contributed by atoms with Crippen LogP contribution in [0.25, 0.3) is 0 Å². The number of nitriles is 1. The zero-order valence-electron chi connectivity index (χ0n) is 22.5. The lowest BCUT2D eigenvalue weighted by atomic mass is 9.80. The predicted octanol–water partition coefficient (Wildman–Crippen LogP) is 2.67. The molecule has 2 aliphatic rings. The van der Waals surface area contributed by atoms with Crippen LogP contribution in [-0.2, 0) is 24.6 Å². The van der Waals surface area contributed by atoms with Gasteiger partial charge in [-0.25, -0.2) is 0 Å². The summed E-state index contributed by atoms with van der Waals surface area (Å²) in [5.41, 5.74) is 0.270. The molecule has 4 amide bonds. The molecule has 1 spiro atoms. The van der Waals surface area contributed by atoms with Crippen LogP contribution in [0.2, 0.25) is 0 Å².